The average molecular weight is 341 g/mol. The maximum absolute atomic E-state index is 13.1. The fraction of sp³-hybridized carbons (Fsp3) is 0.211. The van der Waals surface area contributed by atoms with Crippen LogP contribution in [0, 0.1) is 11.7 Å². The van der Waals surface area contributed by atoms with Crippen LogP contribution in [0.5, 0.6) is 0 Å². The van der Waals surface area contributed by atoms with E-state index in [4.69, 9.17) is 0 Å². The van der Waals surface area contributed by atoms with Crippen LogP contribution in [0.15, 0.2) is 53.6 Å². The number of benzene rings is 2. The van der Waals surface area contributed by atoms with Crippen molar-refractivity contribution in [3.8, 4) is 0 Å². The first-order valence-corrected chi connectivity index (χ1v) is 7.88. The van der Waals surface area contributed by atoms with Gasteiger partial charge in [0.05, 0.1) is 5.71 Å². The van der Waals surface area contributed by atoms with Crippen molar-refractivity contribution in [2.24, 2.45) is 11.0 Å². The molecule has 0 saturated carbocycles. The topological polar surface area (TPSA) is 70.6 Å². The van der Waals surface area contributed by atoms with Gasteiger partial charge in [0.15, 0.2) is 0 Å². The maximum Gasteiger partial charge on any atom is 0.271 e. The Balaban J connectivity index is 2.09. The minimum atomic E-state index is -0.497. The monoisotopic (exact) mass is 341 g/mol. The first kappa shape index (κ1) is 18.3. The van der Waals surface area contributed by atoms with E-state index in [9.17, 15) is 14.0 Å². The summed E-state index contributed by atoms with van der Waals surface area (Å²) in [5.41, 5.74) is 4.55. The highest BCUT2D eigenvalue weighted by Crippen LogP contribution is 2.13. The SMILES string of the molecule is CC(=NNC(=O)c1cccc(F)c1)c1cccc(NC(=O)C(C)C)c1. The van der Waals surface area contributed by atoms with E-state index in [2.05, 4.69) is 15.8 Å². The molecular formula is C19H20FN3O2. The lowest BCUT2D eigenvalue weighted by Crippen LogP contribution is -2.20. The summed E-state index contributed by atoms with van der Waals surface area (Å²) in [6, 6.07) is 12.5. The number of halogens is 1. The molecule has 0 radical (unpaired) electrons. The van der Waals surface area contributed by atoms with Gasteiger partial charge in [-0.15, -0.1) is 0 Å². The molecule has 0 aliphatic heterocycles. The first-order valence-electron chi connectivity index (χ1n) is 7.88. The third-order valence-electron chi connectivity index (χ3n) is 3.48. The summed E-state index contributed by atoms with van der Waals surface area (Å²) >= 11 is 0. The largest absolute Gasteiger partial charge is 0.326 e. The molecule has 0 atom stereocenters. The Morgan fingerprint density at radius 1 is 1.04 bits per heavy atom. The number of hydrazone groups is 1. The standard InChI is InChI=1S/C19H20FN3O2/c1-12(2)18(24)21-17-9-5-6-14(11-17)13(3)22-23-19(25)15-7-4-8-16(20)10-15/h4-12H,1-3H3,(H,21,24)(H,23,25). The van der Waals surface area contributed by atoms with Crippen LogP contribution in [0.2, 0.25) is 0 Å². The first-order chi connectivity index (χ1) is 11.9. The van der Waals surface area contributed by atoms with E-state index < -0.39 is 11.7 Å². The van der Waals surface area contributed by atoms with Crippen LogP contribution >= 0.6 is 0 Å². The number of carbonyl (C=O) groups is 2. The lowest BCUT2D eigenvalue weighted by molar-refractivity contribution is -0.118. The average Bonchev–Trinajstić information content (AvgIpc) is 2.59. The summed E-state index contributed by atoms with van der Waals surface area (Å²) in [6.07, 6.45) is 0. The van der Waals surface area contributed by atoms with Gasteiger partial charge in [0, 0.05) is 17.2 Å². The fourth-order valence-electron chi connectivity index (χ4n) is 2.00. The van der Waals surface area contributed by atoms with Gasteiger partial charge in [-0.05, 0) is 42.8 Å². The minimum Gasteiger partial charge on any atom is -0.326 e. The Kier molecular flexibility index (Phi) is 6.00. The van der Waals surface area contributed by atoms with Crippen molar-refractivity contribution >= 4 is 23.2 Å². The Bertz CT molecular complexity index is 816. The second-order valence-corrected chi connectivity index (χ2v) is 5.87. The van der Waals surface area contributed by atoms with Gasteiger partial charge in [-0.1, -0.05) is 32.0 Å². The third kappa shape index (κ3) is 5.24. The van der Waals surface area contributed by atoms with Crippen LogP contribution in [-0.2, 0) is 4.79 Å². The van der Waals surface area contributed by atoms with Gasteiger partial charge in [-0.3, -0.25) is 9.59 Å². The molecule has 2 aromatic rings. The summed E-state index contributed by atoms with van der Waals surface area (Å²) in [6.45, 7) is 5.36. The van der Waals surface area contributed by atoms with Crippen LogP contribution in [-0.4, -0.2) is 17.5 Å². The highest BCUT2D eigenvalue weighted by molar-refractivity contribution is 6.02. The molecule has 2 amide bonds. The van der Waals surface area contributed by atoms with E-state index in [1.807, 2.05) is 19.9 Å². The lowest BCUT2D eigenvalue weighted by atomic mass is 10.1. The van der Waals surface area contributed by atoms with Crippen molar-refractivity contribution in [3.05, 3.63) is 65.5 Å². The van der Waals surface area contributed by atoms with E-state index in [0.29, 0.717) is 11.4 Å². The maximum atomic E-state index is 13.1. The Morgan fingerprint density at radius 3 is 2.40 bits per heavy atom. The van der Waals surface area contributed by atoms with Gasteiger partial charge in [0.2, 0.25) is 5.91 Å². The number of amides is 2. The molecule has 0 saturated heterocycles. The zero-order chi connectivity index (χ0) is 18.4. The van der Waals surface area contributed by atoms with Crippen molar-refractivity contribution in [3.63, 3.8) is 0 Å². The minimum absolute atomic E-state index is 0.0776. The lowest BCUT2D eigenvalue weighted by Gasteiger charge is -2.09. The van der Waals surface area contributed by atoms with E-state index in [0.717, 1.165) is 11.6 Å². The van der Waals surface area contributed by atoms with Gasteiger partial charge in [-0.2, -0.15) is 5.10 Å². The van der Waals surface area contributed by atoms with E-state index in [1.165, 1.54) is 18.2 Å². The number of hydrogen-bond donors (Lipinski definition) is 2. The van der Waals surface area contributed by atoms with Crippen LogP contribution in [0.1, 0.15) is 36.7 Å². The molecular weight excluding hydrogens is 321 g/mol. The second kappa shape index (κ2) is 8.19. The Hall–Kier alpha value is -3.02. The third-order valence-corrected chi connectivity index (χ3v) is 3.48. The summed E-state index contributed by atoms with van der Waals surface area (Å²) in [5, 5.41) is 6.85. The summed E-state index contributed by atoms with van der Waals surface area (Å²) in [4.78, 5) is 23.7. The van der Waals surface area contributed by atoms with E-state index in [-0.39, 0.29) is 17.4 Å². The molecule has 0 fully saturated rings. The van der Waals surface area contributed by atoms with Gasteiger partial charge in [-0.25, -0.2) is 9.82 Å². The van der Waals surface area contributed by atoms with E-state index in [1.54, 1.807) is 25.1 Å². The fourth-order valence-corrected chi connectivity index (χ4v) is 2.00. The molecule has 0 unspecified atom stereocenters. The van der Waals surface area contributed by atoms with Crippen LogP contribution in [0.25, 0.3) is 0 Å². The summed E-state index contributed by atoms with van der Waals surface area (Å²) in [5.74, 6) is -1.18. The number of nitrogens with zero attached hydrogens (tertiary/aromatic N) is 1. The highest BCUT2D eigenvalue weighted by Gasteiger charge is 2.09. The number of hydrogen-bond acceptors (Lipinski definition) is 3. The van der Waals surface area contributed by atoms with Crippen molar-refractivity contribution < 1.29 is 14.0 Å². The second-order valence-electron chi connectivity index (χ2n) is 5.87. The number of nitrogens with one attached hydrogen (secondary N) is 2. The quantitative estimate of drug-likeness (QED) is 0.645. The summed E-state index contributed by atoms with van der Waals surface area (Å²) < 4.78 is 13.1. The highest BCUT2D eigenvalue weighted by atomic mass is 19.1. The number of rotatable bonds is 5. The molecule has 5 nitrogen and oxygen atoms in total. The van der Waals surface area contributed by atoms with E-state index >= 15 is 0 Å². The Labute approximate surface area is 145 Å². The molecule has 2 N–H and O–H groups in total. The van der Waals surface area contributed by atoms with Gasteiger partial charge < -0.3 is 5.32 Å². The molecule has 130 valence electrons. The van der Waals surface area contributed by atoms with Crippen LogP contribution < -0.4 is 10.7 Å². The van der Waals surface area contributed by atoms with Gasteiger partial charge in [0.25, 0.3) is 5.91 Å². The number of anilines is 1. The molecule has 2 rings (SSSR count). The predicted octanol–water partition coefficient (Wildman–Crippen LogP) is 3.57. The molecule has 0 aliphatic rings. The summed E-state index contributed by atoms with van der Waals surface area (Å²) in [7, 11) is 0. The van der Waals surface area contributed by atoms with Crippen molar-refractivity contribution in [2.75, 3.05) is 5.32 Å². The van der Waals surface area contributed by atoms with Gasteiger partial charge >= 0.3 is 0 Å². The van der Waals surface area contributed by atoms with Crippen molar-refractivity contribution in [1.82, 2.24) is 5.43 Å². The zero-order valence-electron chi connectivity index (χ0n) is 14.3. The van der Waals surface area contributed by atoms with Crippen LogP contribution in [0.3, 0.4) is 0 Å². The smallest absolute Gasteiger partial charge is 0.271 e. The van der Waals surface area contributed by atoms with Crippen molar-refractivity contribution in [2.45, 2.75) is 20.8 Å². The molecule has 0 bridgehead atoms. The van der Waals surface area contributed by atoms with Crippen LogP contribution in [0.4, 0.5) is 10.1 Å². The van der Waals surface area contributed by atoms with Crippen molar-refractivity contribution in [1.29, 1.82) is 0 Å². The molecule has 2 aromatic carbocycles. The Morgan fingerprint density at radius 2 is 1.72 bits per heavy atom. The number of carbonyl (C=O) groups excluding carboxylic acids is 2. The normalized spacial score (nSPS) is 11.3. The molecule has 0 aromatic heterocycles. The zero-order valence-corrected chi connectivity index (χ0v) is 14.3. The van der Waals surface area contributed by atoms with Gasteiger partial charge in [0.1, 0.15) is 5.82 Å². The molecule has 0 spiro atoms. The molecule has 0 heterocycles. The molecule has 25 heavy (non-hydrogen) atoms. The molecule has 6 heteroatoms. The molecule has 0 aliphatic carbocycles. The predicted molar refractivity (Wildman–Crippen MR) is 96.0 cm³/mol.